The average molecular weight is 339 g/mol. The Bertz CT molecular complexity index is 710. The molecule has 1 atom stereocenters. The highest BCUT2D eigenvalue weighted by Gasteiger charge is 2.39. The molecule has 0 aromatic heterocycles. The van der Waals surface area contributed by atoms with Gasteiger partial charge < -0.3 is 15.2 Å². The number of aliphatic hydroxyl groups is 1. The van der Waals surface area contributed by atoms with E-state index in [0.717, 1.165) is 24.0 Å². The lowest BCUT2D eigenvalue weighted by molar-refractivity contribution is -0.0680. The Hall–Kier alpha value is -2.17. The first kappa shape index (κ1) is 17.6. The van der Waals surface area contributed by atoms with E-state index in [0.29, 0.717) is 18.8 Å². The van der Waals surface area contributed by atoms with E-state index in [1.807, 2.05) is 55.5 Å². The molecule has 1 aliphatic heterocycles. The minimum atomic E-state index is -1.09. The molecule has 1 aliphatic rings. The molecule has 4 nitrogen and oxygen atoms in total. The highest BCUT2D eigenvalue weighted by Crippen LogP contribution is 2.35. The van der Waals surface area contributed by atoms with Crippen LogP contribution < -0.4 is 5.32 Å². The Morgan fingerprint density at radius 2 is 1.76 bits per heavy atom. The number of benzene rings is 2. The number of amides is 1. The van der Waals surface area contributed by atoms with Gasteiger partial charge in [0.05, 0.1) is 6.54 Å². The predicted octanol–water partition coefficient (Wildman–Crippen LogP) is 3.04. The maximum absolute atomic E-state index is 12.6. The summed E-state index contributed by atoms with van der Waals surface area (Å²) in [4.78, 5) is 12.6. The van der Waals surface area contributed by atoms with Crippen LogP contribution in [0.15, 0.2) is 54.6 Å². The van der Waals surface area contributed by atoms with Crippen LogP contribution in [0, 0.1) is 12.8 Å². The summed E-state index contributed by atoms with van der Waals surface area (Å²) < 4.78 is 5.44. The molecule has 2 aromatic rings. The van der Waals surface area contributed by atoms with E-state index < -0.39 is 5.60 Å². The summed E-state index contributed by atoms with van der Waals surface area (Å²) >= 11 is 0. The van der Waals surface area contributed by atoms with Gasteiger partial charge in [0.15, 0.2) is 0 Å². The van der Waals surface area contributed by atoms with Crippen LogP contribution in [0.5, 0.6) is 0 Å². The molecule has 0 aliphatic carbocycles. The van der Waals surface area contributed by atoms with Crippen LogP contribution in [-0.4, -0.2) is 30.8 Å². The molecule has 3 rings (SSSR count). The smallest absolute Gasteiger partial charge is 0.251 e. The van der Waals surface area contributed by atoms with Crippen LogP contribution in [0.1, 0.15) is 34.3 Å². The Labute approximate surface area is 148 Å². The second-order valence-corrected chi connectivity index (χ2v) is 6.67. The molecule has 1 amide bonds. The topological polar surface area (TPSA) is 58.6 Å². The van der Waals surface area contributed by atoms with Crippen molar-refractivity contribution in [3.05, 3.63) is 71.3 Å². The zero-order valence-electron chi connectivity index (χ0n) is 14.6. The lowest BCUT2D eigenvalue weighted by atomic mass is 9.77. The molecule has 132 valence electrons. The fourth-order valence-corrected chi connectivity index (χ4v) is 3.52. The van der Waals surface area contributed by atoms with Crippen molar-refractivity contribution >= 4 is 5.91 Å². The second-order valence-electron chi connectivity index (χ2n) is 6.67. The monoisotopic (exact) mass is 339 g/mol. The van der Waals surface area contributed by atoms with Gasteiger partial charge in [0.25, 0.3) is 5.91 Å². The molecular weight excluding hydrogens is 314 g/mol. The van der Waals surface area contributed by atoms with Crippen molar-refractivity contribution in [3.63, 3.8) is 0 Å². The first-order valence-electron chi connectivity index (χ1n) is 8.81. The minimum Gasteiger partial charge on any atom is -0.383 e. The molecule has 0 bridgehead atoms. The number of ether oxygens (including phenoxy) is 1. The summed E-state index contributed by atoms with van der Waals surface area (Å²) in [6, 6.07) is 17.1. The van der Waals surface area contributed by atoms with Gasteiger partial charge in [-0.25, -0.2) is 0 Å². The maximum Gasteiger partial charge on any atom is 0.251 e. The van der Waals surface area contributed by atoms with Gasteiger partial charge in [0, 0.05) is 18.8 Å². The molecule has 1 heterocycles. The summed E-state index contributed by atoms with van der Waals surface area (Å²) in [5.41, 5.74) is 1.31. The van der Waals surface area contributed by atoms with Gasteiger partial charge in [-0.3, -0.25) is 4.79 Å². The summed E-state index contributed by atoms with van der Waals surface area (Å²) in [5, 5.41) is 14.4. The van der Waals surface area contributed by atoms with Gasteiger partial charge in [-0.2, -0.15) is 0 Å². The molecule has 4 heteroatoms. The van der Waals surface area contributed by atoms with E-state index in [2.05, 4.69) is 5.32 Å². The first-order chi connectivity index (χ1) is 12.1. The van der Waals surface area contributed by atoms with Crippen molar-refractivity contribution in [1.29, 1.82) is 0 Å². The van der Waals surface area contributed by atoms with E-state index in [4.69, 9.17) is 4.74 Å². The van der Waals surface area contributed by atoms with Crippen LogP contribution in [0.4, 0.5) is 0 Å². The summed E-state index contributed by atoms with van der Waals surface area (Å²) in [7, 11) is 0. The zero-order chi connectivity index (χ0) is 17.7. The number of hydrogen-bond donors (Lipinski definition) is 2. The van der Waals surface area contributed by atoms with Crippen molar-refractivity contribution in [3.8, 4) is 0 Å². The molecular formula is C21H25NO3. The van der Waals surface area contributed by atoms with Crippen LogP contribution in [0.3, 0.4) is 0 Å². The van der Waals surface area contributed by atoms with Crippen molar-refractivity contribution in [1.82, 2.24) is 5.32 Å². The Balaban J connectivity index is 1.80. The number of nitrogens with one attached hydrogen (secondary N) is 1. The number of aryl methyl sites for hydroxylation is 1. The van der Waals surface area contributed by atoms with Crippen molar-refractivity contribution in [2.75, 3.05) is 19.8 Å². The Morgan fingerprint density at radius 1 is 1.12 bits per heavy atom. The molecule has 0 spiro atoms. The quantitative estimate of drug-likeness (QED) is 0.880. The molecule has 1 saturated heterocycles. The van der Waals surface area contributed by atoms with E-state index in [1.165, 1.54) is 0 Å². The highest BCUT2D eigenvalue weighted by molar-refractivity contribution is 5.95. The summed E-state index contributed by atoms with van der Waals surface area (Å²) in [5.74, 6) is -0.0969. The highest BCUT2D eigenvalue weighted by atomic mass is 16.5. The summed E-state index contributed by atoms with van der Waals surface area (Å²) in [6.07, 6.45) is 1.57. The number of hydrogen-bond acceptors (Lipinski definition) is 3. The lowest BCUT2D eigenvalue weighted by Crippen LogP contribution is -2.47. The third-order valence-electron chi connectivity index (χ3n) is 5.08. The van der Waals surface area contributed by atoms with Crippen LogP contribution in [0.2, 0.25) is 0 Å². The van der Waals surface area contributed by atoms with Crippen molar-refractivity contribution in [2.24, 2.45) is 5.92 Å². The van der Waals surface area contributed by atoms with Gasteiger partial charge in [-0.1, -0.05) is 48.5 Å². The molecule has 0 radical (unpaired) electrons. The largest absolute Gasteiger partial charge is 0.383 e. The van der Waals surface area contributed by atoms with Gasteiger partial charge in [0.2, 0.25) is 0 Å². The SMILES string of the molecule is Cc1ccccc1C(=O)NC[C@](O)(c1ccccc1)C1CCOCC1. The third kappa shape index (κ3) is 3.91. The van der Waals surface area contributed by atoms with Gasteiger partial charge in [0.1, 0.15) is 5.60 Å². The fraction of sp³-hybridized carbons (Fsp3) is 0.381. The van der Waals surface area contributed by atoms with E-state index in [9.17, 15) is 9.90 Å². The van der Waals surface area contributed by atoms with Crippen LogP contribution >= 0.6 is 0 Å². The number of rotatable bonds is 5. The molecule has 1 fully saturated rings. The summed E-state index contributed by atoms with van der Waals surface area (Å²) in [6.45, 7) is 3.39. The average Bonchev–Trinajstić information content (AvgIpc) is 2.67. The molecule has 25 heavy (non-hydrogen) atoms. The number of carbonyl (C=O) groups excluding carboxylic acids is 1. The maximum atomic E-state index is 12.6. The van der Waals surface area contributed by atoms with Crippen LogP contribution in [0.25, 0.3) is 0 Å². The van der Waals surface area contributed by atoms with Crippen molar-refractivity contribution in [2.45, 2.75) is 25.4 Å². The van der Waals surface area contributed by atoms with Gasteiger partial charge >= 0.3 is 0 Å². The Morgan fingerprint density at radius 3 is 2.44 bits per heavy atom. The van der Waals surface area contributed by atoms with E-state index in [-0.39, 0.29) is 18.4 Å². The first-order valence-corrected chi connectivity index (χ1v) is 8.81. The van der Waals surface area contributed by atoms with E-state index >= 15 is 0 Å². The van der Waals surface area contributed by atoms with Crippen molar-refractivity contribution < 1.29 is 14.6 Å². The molecule has 2 aromatic carbocycles. The fourth-order valence-electron chi connectivity index (χ4n) is 3.52. The Kier molecular flexibility index (Phi) is 5.51. The van der Waals surface area contributed by atoms with Crippen LogP contribution in [-0.2, 0) is 10.3 Å². The van der Waals surface area contributed by atoms with Gasteiger partial charge in [-0.05, 0) is 42.9 Å². The number of carbonyl (C=O) groups is 1. The third-order valence-corrected chi connectivity index (χ3v) is 5.08. The van der Waals surface area contributed by atoms with Gasteiger partial charge in [-0.15, -0.1) is 0 Å². The predicted molar refractivity (Wildman–Crippen MR) is 97.4 cm³/mol. The normalized spacial score (nSPS) is 17.7. The lowest BCUT2D eigenvalue weighted by Gasteiger charge is -2.39. The minimum absolute atomic E-state index is 0.0563. The molecule has 0 saturated carbocycles. The standard InChI is InChI=1S/C21H25NO3/c1-16-7-5-6-10-19(16)20(23)22-15-21(24,17-8-3-2-4-9-17)18-11-13-25-14-12-18/h2-10,18,24H,11-15H2,1H3,(H,22,23)/t21-/m0/s1. The van der Waals surface area contributed by atoms with E-state index in [1.54, 1.807) is 6.07 Å². The zero-order valence-corrected chi connectivity index (χ0v) is 14.6. The molecule has 2 N–H and O–H groups in total. The second kappa shape index (κ2) is 7.81. The molecule has 0 unspecified atom stereocenters.